The number of benzene rings is 2. The van der Waals surface area contributed by atoms with Gasteiger partial charge in [0.1, 0.15) is 12.4 Å². The zero-order chi connectivity index (χ0) is 20.2. The van der Waals surface area contributed by atoms with E-state index >= 15 is 0 Å². The van der Waals surface area contributed by atoms with Gasteiger partial charge in [0.05, 0.1) is 5.69 Å². The van der Waals surface area contributed by atoms with Crippen LogP contribution >= 0.6 is 24.0 Å². The molecule has 0 saturated carbocycles. The van der Waals surface area contributed by atoms with Crippen LogP contribution in [-0.2, 0) is 19.6 Å². The van der Waals surface area contributed by atoms with Crippen LogP contribution in [0.25, 0.3) is 0 Å². The van der Waals surface area contributed by atoms with E-state index in [-0.39, 0.29) is 24.0 Å². The van der Waals surface area contributed by atoms with Gasteiger partial charge in [-0.1, -0.05) is 48.5 Å². The van der Waals surface area contributed by atoms with Crippen LogP contribution in [0.1, 0.15) is 23.2 Å². The van der Waals surface area contributed by atoms with Crippen LogP contribution in [-0.4, -0.2) is 24.5 Å². The maximum Gasteiger partial charge on any atom is 0.191 e. The summed E-state index contributed by atoms with van der Waals surface area (Å²) >= 11 is 0. The smallest absolute Gasteiger partial charge is 0.191 e. The molecule has 0 saturated heterocycles. The number of hydrogen-bond donors (Lipinski definition) is 2. The molecule has 0 aliphatic carbocycles. The zero-order valence-electron chi connectivity index (χ0n) is 17.3. The van der Waals surface area contributed by atoms with Crippen molar-refractivity contribution in [1.29, 1.82) is 0 Å². The zero-order valence-corrected chi connectivity index (χ0v) is 19.6. The Kier molecular flexibility index (Phi) is 10.7. The summed E-state index contributed by atoms with van der Waals surface area (Å²) in [6.07, 6.45) is 3.89. The molecule has 2 aromatic carbocycles. The highest BCUT2D eigenvalue weighted by molar-refractivity contribution is 14.0. The van der Waals surface area contributed by atoms with Crippen LogP contribution < -0.4 is 15.4 Å². The second kappa shape index (κ2) is 13.6. The van der Waals surface area contributed by atoms with E-state index in [1.54, 1.807) is 13.2 Å². The maximum absolute atomic E-state index is 5.85. The molecule has 30 heavy (non-hydrogen) atoms. The predicted octanol–water partition coefficient (Wildman–Crippen LogP) is 4.58. The van der Waals surface area contributed by atoms with Crippen molar-refractivity contribution < 1.29 is 4.74 Å². The number of aromatic nitrogens is 1. The number of halogens is 1. The normalized spacial score (nSPS) is 10.8. The lowest BCUT2D eigenvalue weighted by molar-refractivity contribution is 0.301. The quantitative estimate of drug-likeness (QED) is 0.189. The Balaban J connectivity index is 0.00000320. The molecule has 0 atom stereocenters. The number of aliphatic imine (C=N–C) groups is 1. The molecular weight excluding hydrogens is 487 g/mol. The first-order valence-electron chi connectivity index (χ1n) is 9.93. The Bertz CT molecular complexity index is 888. The summed E-state index contributed by atoms with van der Waals surface area (Å²) < 4.78 is 5.85. The molecule has 0 radical (unpaired) electrons. The number of rotatable bonds is 9. The van der Waals surface area contributed by atoms with Crippen LogP contribution in [0.4, 0.5) is 0 Å². The van der Waals surface area contributed by atoms with Gasteiger partial charge in [-0.05, 0) is 48.2 Å². The minimum absolute atomic E-state index is 0. The molecule has 0 amide bonds. The van der Waals surface area contributed by atoms with Crippen molar-refractivity contribution in [3.8, 4) is 5.75 Å². The molecule has 3 aromatic rings. The minimum atomic E-state index is 0. The van der Waals surface area contributed by atoms with Gasteiger partial charge in [-0.3, -0.25) is 9.98 Å². The van der Waals surface area contributed by atoms with E-state index in [1.165, 1.54) is 5.56 Å². The van der Waals surface area contributed by atoms with Crippen molar-refractivity contribution in [3.63, 3.8) is 0 Å². The van der Waals surface area contributed by atoms with Crippen LogP contribution in [0.2, 0.25) is 0 Å². The van der Waals surface area contributed by atoms with Gasteiger partial charge in [0, 0.05) is 26.3 Å². The molecule has 5 nitrogen and oxygen atoms in total. The van der Waals surface area contributed by atoms with Crippen molar-refractivity contribution >= 4 is 29.9 Å². The maximum atomic E-state index is 5.85. The molecule has 0 bridgehead atoms. The topological polar surface area (TPSA) is 58.5 Å². The summed E-state index contributed by atoms with van der Waals surface area (Å²) in [6, 6.07) is 24.4. The van der Waals surface area contributed by atoms with E-state index in [2.05, 4.69) is 50.9 Å². The van der Waals surface area contributed by atoms with E-state index < -0.39 is 0 Å². The fourth-order valence-electron chi connectivity index (χ4n) is 2.94. The average molecular weight is 516 g/mol. The second-order valence-corrected chi connectivity index (χ2v) is 6.70. The van der Waals surface area contributed by atoms with E-state index in [0.717, 1.165) is 42.4 Å². The molecule has 0 aliphatic heterocycles. The third kappa shape index (κ3) is 8.41. The highest BCUT2D eigenvalue weighted by Gasteiger charge is 2.02. The van der Waals surface area contributed by atoms with Gasteiger partial charge < -0.3 is 15.4 Å². The van der Waals surface area contributed by atoms with E-state index in [0.29, 0.717) is 13.2 Å². The lowest BCUT2D eigenvalue weighted by Gasteiger charge is -2.13. The number of pyridine rings is 1. The van der Waals surface area contributed by atoms with Crippen LogP contribution in [0.15, 0.2) is 84.0 Å². The van der Waals surface area contributed by atoms with Crippen LogP contribution in [0, 0.1) is 0 Å². The van der Waals surface area contributed by atoms with Crippen LogP contribution in [0.5, 0.6) is 5.75 Å². The molecule has 1 aromatic heterocycles. The Morgan fingerprint density at radius 1 is 0.933 bits per heavy atom. The summed E-state index contributed by atoms with van der Waals surface area (Å²) in [4.78, 5) is 8.58. The first-order chi connectivity index (χ1) is 14.3. The fourth-order valence-corrected chi connectivity index (χ4v) is 2.94. The van der Waals surface area contributed by atoms with E-state index in [1.807, 2.05) is 42.5 Å². The molecule has 6 heteroatoms. The third-order valence-electron chi connectivity index (χ3n) is 4.47. The highest BCUT2D eigenvalue weighted by Crippen LogP contribution is 2.14. The van der Waals surface area contributed by atoms with Gasteiger partial charge in [0.25, 0.3) is 0 Å². The second-order valence-electron chi connectivity index (χ2n) is 6.70. The van der Waals surface area contributed by atoms with Crippen molar-refractivity contribution in [2.45, 2.75) is 26.0 Å². The third-order valence-corrected chi connectivity index (χ3v) is 4.47. The Morgan fingerprint density at radius 3 is 2.50 bits per heavy atom. The molecule has 0 unspecified atom stereocenters. The van der Waals surface area contributed by atoms with Crippen molar-refractivity contribution in [2.24, 2.45) is 4.99 Å². The summed E-state index contributed by atoms with van der Waals surface area (Å²) in [6.45, 7) is 2.02. The van der Waals surface area contributed by atoms with Gasteiger partial charge in [0.2, 0.25) is 0 Å². The highest BCUT2D eigenvalue weighted by atomic mass is 127. The molecule has 0 aliphatic rings. The number of aryl methyl sites for hydroxylation is 1. The SMILES string of the molecule is CN=C(NCCCc1ccccc1)NCc1cccc(OCc2ccccn2)c1.I. The number of guanidine groups is 1. The molecule has 1 heterocycles. The number of ether oxygens (including phenoxy) is 1. The number of hydrogen-bond acceptors (Lipinski definition) is 3. The molecule has 158 valence electrons. The predicted molar refractivity (Wildman–Crippen MR) is 133 cm³/mol. The lowest BCUT2D eigenvalue weighted by Crippen LogP contribution is -2.37. The molecule has 0 fully saturated rings. The largest absolute Gasteiger partial charge is 0.487 e. The van der Waals surface area contributed by atoms with E-state index in [9.17, 15) is 0 Å². The number of nitrogens with zero attached hydrogens (tertiary/aromatic N) is 2. The fraction of sp³-hybridized carbons (Fsp3) is 0.250. The standard InChI is InChI=1S/C24H28N4O.HI/c1-25-24(27-16-8-12-20-9-3-2-4-10-20)28-18-21-11-7-14-23(17-21)29-19-22-13-5-6-15-26-22;/h2-7,9-11,13-15,17H,8,12,16,18-19H2,1H3,(H2,25,27,28);1H. The summed E-state index contributed by atoms with van der Waals surface area (Å²) in [7, 11) is 1.79. The monoisotopic (exact) mass is 516 g/mol. The van der Waals surface area contributed by atoms with Crippen molar-refractivity contribution in [2.75, 3.05) is 13.6 Å². The first kappa shape index (κ1) is 23.7. The molecule has 0 spiro atoms. The Morgan fingerprint density at radius 2 is 1.73 bits per heavy atom. The average Bonchev–Trinajstić information content (AvgIpc) is 2.79. The summed E-state index contributed by atoms with van der Waals surface area (Å²) in [5.74, 6) is 1.64. The summed E-state index contributed by atoms with van der Waals surface area (Å²) in [5.41, 5.74) is 3.41. The van der Waals surface area contributed by atoms with Gasteiger partial charge in [-0.2, -0.15) is 0 Å². The van der Waals surface area contributed by atoms with E-state index in [4.69, 9.17) is 4.74 Å². The van der Waals surface area contributed by atoms with Gasteiger partial charge in [-0.25, -0.2) is 0 Å². The van der Waals surface area contributed by atoms with Gasteiger partial charge in [0.15, 0.2) is 5.96 Å². The molecule has 3 rings (SSSR count). The van der Waals surface area contributed by atoms with Crippen LogP contribution in [0.3, 0.4) is 0 Å². The van der Waals surface area contributed by atoms with Crippen molar-refractivity contribution in [1.82, 2.24) is 15.6 Å². The van der Waals surface area contributed by atoms with Gasteiger partial charge >= 0.3 is 0 Å². The number of nitrogens with one attached hydrogen (secondary N) is 2. The molecular formula is C24H29IN4O. The minimum Gasteiger partial charge on any atom is -0.487 e. The Labute approximate surface area is 196 Å². The van der Waals surface area contributed by atoms with Crippen molar-refractivity contribution in [3.05, 3.63) is 95.8 Å². The summed E-state index contributed by atoms with van der Waals surface area (Å²) in [5, 5.41) is 6.73. The van der Waals surface area contributed by atoms with Gasteiger partial charge in [-0.15, -0.1) is 24.0 Å². The molecule has 2 N–H and O–H groups in total. The Hall–Kier alpha value is -2.61. The lowest BCUT2D eigenvalue weighted by atomic mass is 10.1. The first-order valence-corrected chi connectivity index (χ1v) is 9.93.